The maximum atomic E-state index is 13.3. The summed E-state index contributed by atoms with van der Waals surface area (Å²) in [5.74, 6) is -0.167. The molecule has 0 aliphatic rings. The van der Waals surface area contributed by atoms with Gasteiger partial charge in [0.2, 0.25) is 0 Å². The van der Waals surface area contributed by atoms with Crippen molar-refractivity contribution in [1.82, 2.24) is 29.0 Å². The lowest BCUT2D eigenvalue weighted by atomic mass is 10.1. The number of aliphatic hydroxyl groups is 1. The summed E-state index contributed by atoms with van der Waals surface area (Å²) in [6, 6.07) is 15.8. The third-order valence-electron chi connectivity index (χ3n) is 6.17. The molecule has 0 unspecified atom stereocenters. The van der Waals surface area contributed by atoms with Gasteiger partial charge >= 0.3 is 5.69 Å². The predicted molar refractivity (Wildman–Crippen MR) is 141 cm³/mol. The molecule has 3 heterocycles. The molecule has 0 aliphatic carbocycles. The highest BCUT2D eigenvalue weighted by Gasteiger charge is 2.17. The summed E-state index contributed by atoms with van der Waals surface area (Å²) in [4.78, 5) is 42.0. The van der Waals surface area contributed by atoms with Crippen molar-refractivity contribution < 1.29 is 14.7 Å². The van der Waals surface area contributed by atoms with E-state index in [-0.39, 0.29) is 23.9 Å². The lowest BCUT2D eigenvalue weighted by molar-refractivity contribution is 0.0961. The van der Waals surface area contributed by atoms with Crippen molar-refractivity contribution in [2.24, 2.45) is 7.05 Å². The van der Waals surface area contributed by atoms with E-state index in [9.17, 15) is 19.5 Å². The average Bonchev–Trinajstić information content (AvgIpc) is 3.47. The Morgan fingerprint density at radius 3 is 2.42 bits per heavy atom. The van der Waals surface area contributed by atoms with Crippen LogP contribution in [0.2, 0.25) is 0 Å². The van der Waals surface area contributed by atoms with Gasteiger partial charge in [-0.2, -0.15) is 5.10 Å². The summed E-state index contributed by atoms with van der Waals surface area (Å²) in [5.41, 5.74) is 3.98. The maximum Gasteiger partial charge on any atom is 0.350 e. The zero-order valence-electron chi connectivity index (χ0n) is 21.0. The van der Waals surface area contributed by atoms with Gasteiger partial charge in [0.05, 0.1) is 23.5 Å². The van der Waals surface area contributed by atoms with Gasteiger partial charge in [-0.25, -0.2) is 19.0 Å². The van der Waals surface area contributed by atoms with E-state index in [2.05, 4.69) is 20.7 Å². The van der Waals surface area contributed by atoms with Crippen LogP contribution in [0.25, 0.3) is 22.3 Å². The molecule has 11 nitrogen and oxygen atoms in total. The Balaban J connectivity index is 1.50. The SMILES string of the molecule is CNC(=O)c1cccc(NC(=O)c2nc(CO)cn3cc(-c4ccc(-n5c(C)nn(C)c5=O)cc4)cc23)c1. The molecule has 0 fully saturated rings. The van der Waals surface area contributed by atoms with Crippen LogP contribution in [0.1, 0.15) is 32.4 Å². The Morgan fingerprint density at radius 2 is 1.76 bits per heavy atom. The van der Waals surface area contributed by atoms with Crippen molar-refractivity contribution in [2.75, 3.05) is 12.4 Å². The van der Waals surface area contributed by atoms with Gasteiger partial charge in [0, 0.05) is 43.3 Å². The Kier molecular flexibility index (Phi) is 6.35. The van der Waals surface area contributed by atoms with E-state index in [1.165, 1.54) is 16.3 Å². The molecule has 5 rings (SSSR count). The van der Waals surface area contributed by atoms with Crippen molar-refractivity contribution in [3.8, 4) is 16.8 Å². The van der Waals surface area contributed by atoms with Crippen LogP contribution in [0, 0.1) is 6.92 Å². The van der Waals surface area contributed by atoms with E-state index in [4.69, 9.17) is 0 Å². The summed E-state index contributed by atoms with van der Waals surface area (Å²) in [7, 11) is 3.14. The molecule has 0 radical (unpaired) electrons. The first-order valence-electron chi connectivity index (χ1n) is 11.8. The molecule has 0 spiro atoms. The molecule has 5 aromatic rings. The molecule has 0 bridgehead atoms. The van der Waals surface area contributed by atoms with Crippen molar-refractivity contribution in [2.45, 2.75) is 13.5 Å². The molecule has 192 valence electrons. The minimum absolute atomic E-state index is 0.127. The molecule has 0 saturated heterocycles. The topological polar surface area (TPSA) is 136 Å². The molecular weight excluding hydrogens is 486 g/mol. The van der Waals surface area contributed by atoms with Crippen LogP contribution in [0.5, 0.6) is 0 Å². The molecule has 38 heavy (non-hydrogen) atoms. The van der Waals surface area contributed by atoms with Crippen LogP contribution in [0.3, 0.4) is 0 Å². The Bertz CT molecular complexity index is 1750. The number of rotatable bonds is 6. The third kappa shape index (κ3) is 4.46. The van der Waals surface area contributed by atoms with Gasteiger partial charge in [0.15, 0.2) is 5.69 Å². The number of aryl methyl sites for hydroxylation is 2. The van der Waals surface area contributed by atoms with Crippen molar-refractivity contribution in [3.05, 3.63) is 100 Å². The molecular formula is C27H25N7O4. The number of carbonyl (C=O) groups excluding carboxylic acids is 2. The number of aliphatic hydroxyl groups excluding tert-OH is 1. The highest BCUT2D eigenvalue weighted by Crippen LogP contribution is 2.26. The highest BCUT2D eigenvalue weighted by atomic mass is 16.3. The normalized spacial score (nSPS) is 11.1. The van der Waals surface area contributed by atoms with Crippen LogP contribution in [0.4, 0.5) is 5.69 Å². The van der Waals surface area contributed by atoms with E-state index in [1.807, 2.05) is 36.5 Å². The van der Waals surface area contributed by atoms with Gasteiger partial charge in [-0.05, 0) is 48.9 Å². The maximum absolute atomic E-state index is 13.3. The van der Waals surface area contributed by atoms with E-state index in [1.54, 1.807) is 48.8 Å². The third-order valence-corrected chi connectivity index (χ3v) is 6.17. The van der Waals surface area contributed by atoms with Crippen molar-refractivity contribution >= 4 is 23.0 Å². The van der Waals surface area contributed by atoms with E-state index in [0.29, 0.717) is 34.0 Å². The lowest BCUT2D eigenvalue weighted by Gasteiger charge is -2.09. The largest absolute Gasteiger partial charge is 0.390 e. The molecule has 2 aromatic carbocycles. The number of anilines is 1. The van der Waals surface area contributed by atoms with Gasteiger partial charge in [-0.1, -0.05) is 18.2 Å². The fourth-order valence-corrected chi connectivity index (χ4v) is 4.33. The van der Waals surface area contributed by atoms with Crippen molar-refractivity contribution in [3.63, 3.8) is 0 Å². The number of hydrogen-bond acceptors (Lipinski definition) is 6. The quantitative estimate of drug-likeness (QED) is 0.320. The van der Waals surface area contributed by atoms with Gasteiger partial charge in [0.25, 0.3) is 11.8 Å². The average molecular weight is 512 g/mol. The van der Waals surface area contributed by atoms with E-state index in [0.717, 1.165) is 11.1 Å². The first-order valence-corrected chi connectivity index (χ1v) is 11.8. The second kappa shape index (κ2) is 9.79. The first-order chi connectivity index (χ1) is 18.3. The number of carbonyl (C=O) groups is 2. The molecule has 0 saturated carbocycles. The number of amides is 2. The second-order valence-corrected chi connectivity index (χ2v) is 8.71. The second-order valence-electron chi connectivity index (χ2n) is 8.71. The molecule has 11 heteroatoms. The monoisotopic (exact) mass is 511 g/mol. The summed E-state index contributed by atoms with van der Waals surface area (Å²) < 4.78 is 4.56. The number of benzene rings is 2. The number of aromatic nitrogens is 5. The van der Waals surface area contributed by atoms with Crippen molar-refractivity contribution in [1.29, 1.82) is 0 Å². The van der Waals surface area contributed by atoms with Gasteiger partial charge in [-0.3, -0.25) is 9.59 Å². The molecule has 0 aliphatic heterocycles. The lowest BCUT2D eigenvalue weighted by Crippen LogP contribution is -2.21. The van der Waals surface area contributed by atoms with Crippen LogP contribution in [-0.2, 0) is 13.7 Å². The summed E-state index contributed by atoms with van der Waals surface area (Å²) >= 11 is 0. The summed E-state index contributed by atoms with van der Waals surface area (Å²) in [5, 5.41) is 19.3. The number of fused-ring (bicyclic) bond motifs is 1. The number of nitrogens with one attached hydrogen (secondary N) is 2. The van der Waals surface area contributed by atoms with Crippen LogP contribution < -0.4 is 16.3 Å². The van der Waals surface area contributed by atoms with E-state index < -0.39 is 5.91 Å². The van der Waals surface area contributed by atoms with E-state index >= 15 is 0 Å². The van der Waals surface area contributed by atoms with Crippen LogP contribution in [0.15, 0.2) is 71.8 Å². The Morgan fingerprint density at radius 1 is 1.00 bits per heavy atom. The summed E-state index contributed by atoms with van der Waals surface area (Å²) in [6.45, 7) is 1.42. The van der Waals surface area contributed by atoms with Gasteiger partial charge in [0.1, 0.15) is 5.82 Å². The predicted octanol–water partition coefficient (Wildman–Crippen LogP) is 2.30. The number of nitrogens with zero attached hydrogens (tertiary/aromatic N) is 5. The fourth-order valence-electron chi connectivity index (χ4n) is 4.33. The Hall–Kier alpha value is -5.03. The Labute approximate surface area is 217 Å². The standard InChI is InChI=1S/C27H25N7O4/c1-16-31-32(3)27(38)34(16)22-9-7-17(8-10-22)19-12-23-24(29-21(15-35)14-33(23)13-19)26(37)30-20-6-4-5-18(11-20)25(36)28-2/h4-14,35H,15H2,1-3H3,(H,28,36)(H,30,37). The zero-order valence-corrected chi connectivity index (χ0v) is 21.0. The van der Waals surface area contributed by atoms with Gasteiger partial charge < -0.3 is 20.1 Å². The number of hydrogen-bond donors (Lipinski definition) is 3. The first kappa shape index (κ1) is 24.7. The van der Waals surface area contributed by atoms with Gasteiger partial charge in [-0.15, -0.1) is 0 Å². The molecule has 3 N–H and O–H groups in total. The molecule has 2 amide bonds. The summed E-state index contributed by atoms with van der Waals surface area (Å²) in [6.07, 6.45) is 3.50. The smallest absolute Gasteiger partial charge is 0.350 e. The minimum Gasteiger partial charge on any atom is -0.390 e. The fraction of sp³-hybridized carbons (Fsp3) is 0.148. The van der Waals surface area contributed by atoms with Crippen LogP contribution >= 0.6 is 0 Å². The zero-order chi connectivity index (χ0) is 27.0. The minimum atomic E-state index is -0.481. The highest BCUT2D eigenvalue weighted by molar-refractivity contribution is 6.08. The molecule has 3 aromatic heterocycles. The van der Waals surface area contributed by atoms with Crippen LogP contribution in [-0.4, -0.2) is 47.7 Å². The molecule has 0 atom stereocenters.